The quantitative estimate of drug-likeness (QED) is 0.798. The van der Waals surface area contributed by atoms with Crippen molar-refractivity contribution in [2.45, 2.75) is 25.4 Å². The number of anilines is 1. The zero-order valence-corrected chi connectivity index (χ0v) is 13.9. The van der Waals surface area contributed by atoms with Crippen LogP contribution in [-0.2, 0) is 6.54 Å². The van der Waals surface area contributed by atoms with Gasteiger partial charge in [0.25, 0.3) is 0 Å². The van der Waals surface area contributed by atoms with E-state index in [2.05, 4.69) is 16.0 Å². The number of hydrogen-bond donors (Lipinski definition) is 3. The average molecular weight is 342 g/mol. The average Bonchev–Trinajstić information content (AvgIpc) is 3.14. The molecule has 4 amide bonds. The maximum atomic E-state index is 12.1. The largest absolute Gasteiger partial charge is 0.467 e. The highest BCUT2D eigenvalue weighted by Gasteiger charge is 2.23. The minimum absolute atomic E-state index is 0.0674. The summed E-state index contributed by atoms with van der Waals surface area (Å²) in [7, 11) is 0. The molecular weight excluding hydrogens is 320 g/mol. The van der Waals surface area contributed by atoms with Gasteiger partial charge >= 0.3 is 12.1 Å². The molecule has 25 heavy (non-hydrogen) atoms. The fourth-order valence-electron chi connectivity index (χ4n) is 2.79. The summed E-state index contributed by atoms with van der Waals surface area (Å²) in [6, 6.07) is 12.7. The van der Waals surface area contributed by atoms with Crippen molar-refractivity contribution in [2.75, 3.05) is 18.4 Å². The van der Waals surface area contributed by atoms with Gasteiger partial charge in [0.05, 0.1) is 12.8 Å². The second-order valence-electron chi connectivity index (χ2n) is 5.96. The molecule has 7 heteroatoms. The van der Waals surface area contributed by atoms with Gasteiger partial charge in [-0.2, -0.15) is 0 Å². The Bertz CT molecular complexity index is 680. The van der Waals surface area contributed by atoms with Gasteiger partial charge in [-0.1, -0.05) is 18.2 Å². The van der Waals surface area contributed by atoms with E-state index < -0.39 is 0 Å². The molecule has 132 valence electrons. The van der Waals surface area contributed by atoms with Crippen LogP contribution in [0.25, 0.3) is 0 Å². The number of hydrogen-bond acceptors (Lipinski definition) is 3. The molecule has 1 aliphatic rings. The monoisotopic (exact) mass is 342 g/mol. The number of likely N-dealkylation sites (tertiary alicyclic amines) is 1. The minimum atomic E-state index is -0.216. The molecule has 0 unspecified atom stereocenters. The second kappa shape index (κ2) is 8.23. The van der Waals surface area contributed by atoms with E-state index in [1.165, 1.54) is 0 Å². The second-order valence-corrected chi connectivity index (χ2v) is 5.96. The lowest BCUT2D eigenvalue weighted by atomic mass is 10.1. The Morgan fingerprint density at radius 1 is 1.08 bits per heavy atom. The predicted molar refractivity (Wildman–Crippen MR) is 94.1 cm³/mol. The Morgan fingerprint density at radius 2 is 1.84 bits per heavy atom. The van der Waals surface area contributed by atoms with E-state index in [1.807, 2.05) is 36.4 Å². The normalized spacial score (nSPS) is 14.8. The lowest BCUT2D eigenvalue weighted by Crippen LogP contribution is -2.50. The molecule has 1 saturated heterocycles. The Kier molecular flexibility index (Phi) is 5.56. The van der Waals surface area contributed by atoms with Gasteiger partial charge in [-0.25, -0.2) is 9.59 Å². The number of rotatable bonds is 4. The Balaban J connectivity index is 1.38. The molecule has 3 rings (SSSR count). The first kappa shape index (κ1) is 16.9. The smallest absolute Gasteiger partial charge is 0.319 e. The predicted octanol–water partition coefficient (Wildman–Crippen LogP) is 2.78. The van der Waals surface area contributed by atoms with E-state index >= 15 is 0 Å². The van der Waals surface area contributed by atoms with Crippen LogP contribution in [0.3, 0.4) is 0 Å². The van der Waals surface area contributed by atoms with Gasteiger partial charge in [-0.05, 0) is 37.1 Å². The number of urea groups is 2. The van der Waals surface area contributed by atoms with Crippen molar-refractivity contribution in [3.8, 4) is 0 Å². The highest BCUT2D eigenvalue weighted by atomic mass is 16.3. The van der Waals surface area contributed by atoms with E-state index in [1.54, 1.807) is 17.2 Å². The molecule has 7 nitrogen and oxygen atoms in total. The summed E-state index contributed by atoms with van der Waals surface area (Å²) in [6.45, 7) is 1.60. The van der Waals surface area contributed by atoms with Crippen LogP contribution < -0.4 is 16.0 Å². The lowest BCUT2D eigenvalue weighted by molar-refractivity contribution is 0.176. The Hall–Kier alpha value is -2.96. The maximum absolute atomic E-state index is 12.1. The van der Waals surface area contributed by atoms with E-state index in [0.29, 0.717) is 19.6 Å². The first-order valence-corrected chi connectivity index (χ1v) is 8.38. The van der Waals surface area contributed by atoms with Gasteiger partial charge in [0.2, 0.25) is 0 Å². The summed E-state index contributed by atoms with van der Waals surface area (Å²) in [5.74, 6) is 0.725. The van der Waals surface area contributed by atoms with E-state index in [9.17, 15) is 9.59 Å². The number of nitrogens with zero attached hydrogens (tertiary/aromatic N) is 1. The highest BCUT2D eigenvalue weighted by molar-refractivity contribution is 5.89. The van der Waals surface area contributed by atoms with Crippen LogP contribution >= 0.6 is 0 Å². The van der Waals surface area contributed by atoms with Gasteiger partial charge < -0.3 is 25.3 Å². The van der Waals surface area contributed by atoms with Crippen LogP contribution in [0.5, 0.6) is 0 Å². The number of carbonyl (C=O) groups is 2. The first-order chi connectivity index (χ1) is 12.2. The molecule has 0 atom stereocenters. The summed E-state index contributed by atoms with van der Waals surface area (Å²) in [5.41, 5.74) is 0.759. The first-order valence-electron chi connectivity index (χ1n) is 8.38. The van der Waals surface area contributed by atoms with Crippen LogP contribution in [0.2, 0.25) is 0 Å². The number of nitrogens with one attached hydrogen (secondary N) is 3. The highest BCUT2D eigenvalue weighted by Crippen LogP contribution is 2.12. The molecule has 2 aromatic rings. The fourth-order valence-corrected chi connectivity index (χ4v) is 2.79. The zero-order chi connectivity index (χ0) is 17.5. The van der Waals surface area contributed by atoms with Gasteiger partial charge in [-0.15, -0.1) is 0 Å². The molecule has 0 radical (unpaired) electrons. The molecular formula is C18H22N4O3. The molecule has 0 saturated carbocycles. The van der Waals surface area contributed by atoms with Crippen LogP contribution in [0.4, 0.5) is 15.3 Å². The molecule has 1 aromatic carbocycles. The van der Waals surface area contributed by atoms with Crippen LogP contribution in [-0.4, -0.2) is 36.1 Å². The summed E-state index contributed by atoms with van der Waals surface area (Å²) >= 11 is 0. The van der Waals surface area contributed by atoms with E-state index in [-0.39, 0.29) is 18.1 Å². The van der Waals surface area contributed by atoms with Crippen molar-refractivity contribution >= 4 is 17.7 Å². The molecule has 1 aliphatic heterocycles. The van der Waals surface area contributed by atoms with Gasteiger partial charge in [0.1, 0.15) is 5.76 Å². The molecule has 3 N–H and O–H groups in total. The SMILES string of the molecule is O=C(Nc1ccccc1)NC1CCN(C(=O)NCc2ccco2)CC1. The summed E-state index contributed by atoms with van der Waals surface area (Å²) < 4.78 is 5.19. The number of piperidine rings is 1. The minimum Gasteiger partial charge on any atom is -0.467 e. The zero-order valence-electron chi connectivity index (χ0n) is 13.9. The van der Waals surface area contributed by atoms with Gasteiger partial charge in [0.15, 0.2) is 0 Å². The molecule has 2 heterocycles. The number of furan rings is 1. The number of benzene rings is 1. The molecule has 1 fully saturated rings. The van der Waals surface area contributed by atoms with Crippen LogP contribution in [0.1, 0.15) is 18.6 Å². The number of amides is 4. The van der Waals surface area contributed by atoms with Crippen molar-refractivity contribution in [3.63, 3.8) is 0 Å². The van der Waals surface area contributed by atoms with Gasteiger partial charge in [-0.3, -0.25) is 0 Å². The van der Waals surface area contributed by atoms with Crippen molar-refractivity contribution < 1.29 is 14.0 Å². The Labute approximate surface area is 146 Å². The molecule has 0 aliphatic carbocycles. The van der Waals surface area contributed by atoms with Crippen LogP contribution in [0, 0.1) is 0 Å². The number of para-hydroxylation sites is 1. The lowest BCUT2D eigenvalue weighted by Gasteiger charge is -2.32. The summed E-state index contributed by atoms with van der Waals surface area (Å²) in [4.78, 5) is 25.9. The Morgan fingerprint density at radius 3 is 2.52 bits per heavy atom. The maximum Gasteiger partial charge on any atom is 0.319 e. The van der Waals surface area contributed by atoms with Crippen LogP contribution in [0.15, 0.2) is 53.1 Å². The standard InChI is InChI=1S/C18H22N4O3/c23-17(20-14-5-2-1-3-6-14)21-15-8-10-22(11-9-15)18(24)19-13-16-7-4-12-25-16/h1-7,12,15H,8-11,13H2,(H,19,24)(H2,20,21,23). The van der Waals surface area contributed by atoms with Crippen molar-refractivity contribution in [3.05, 3.63) is 54.5 Å². The van der Waals surface area contributed by atoms with Gasteiger partial charge in [0, 0.05) is 24.8 Å². The topological polar surface area (TPSA) is 86.6 Å². The third kappa shape index (κ3) is 5.00. The van der Waals surface area contributed by atoms with Crippen molar-refractivity contribution in [1.82, 2.24) is 15.5 Å². The summed E-state index contributed by atoms with van der Waals surface area (Å²) in [5, 5.41) is 8.60. The molecule has 1 aromatic heterocycles. The third-order valence-electron chi connectivity index (χ3n) is 4.14. The van der Waals surface area contributed by atoms with Crippen molar-refractivity contribution in [1.29, 1.82) is 0 Å². The van der Waals surface area contributed by atoms with Crippen molar-refractivity contribution in [2.24, 2.45) is 0 Å². The molecule has 0 bridgehead atoms. The third-order valence-corrected chi connectivity index (χ3v) is 4.14. The molecule has 0 spiro atoms. The fraction of sp³-hybridized carbons (Fsp3) is 0.333. The van der Waals surface area contributed by atoms with E-state index in [0.717, 1.165) is 24.3 Å². The summed E-state index contributed by atoms with van der Waals surface area (Å²) in [6.07, 6.45) is 3.05. The van der Waals surface area contributed by atoms with E-state index in [4.69, 9.17) is 4.42 Å². The number of carbonyl (C=O) groups excluding carboxylic acids is 2.